The first-order valence-electron chi connectivity index (χ1n) is 7.79. The number of oxazole rings is 1. The Morgan fingerprint density at radius 2 is 1.92 bits per heavy atom. The van der Waals surface area contributed by atoms with Crippen LogP contribution in [0.2, 0.25) is 0 Å². The zero-order valence-corrected chi connectivity index (χ0v) is 15.0. The molecule has 2 amide bonds. The van der Waals surface area contributed by atoms with E-state index < -0.39 is 5.41 Å². The smallest absolute Gasteiger partial charge is 0.273 e. The van der Waals surface area contributed by atoms with E-state index in [9.17, 15) is 9.59 Å². The van der Waals surface area contributed by atoms with E-state index in [2.05, 4.69) is 10.3 Å². The summed E-state index contributed by atoms with van der Waals surface area (Å²) in [5.74, 6) is -0.0721. The van der Waals surface area contributed by atoms with Gasteiger partial charge in [0.25, 0.3) is 5.91 Å². The van der Waals surface area contributed by atoms with Crippen molar-refractivity contribution < 1.29 is 23.5 Å². The summed E-state index contributed by atoms with van der Waals surface area (Å²) in [4.78, 5) is 30.2. The van der Waals surface area contributed by atoms with Crippen molar-refractivity contribution in [2.45, 2.75) is 27.3 Å². The van der Waals surface area contributed by atoms with Gasteiger partial charge in [-0.25, -0.2) is 4.98 Å². The predicted octanol–water partition coefficient (Wildman–Crippen LogP) is 1.07. The van der Waals surface area contributed by atoms with E-state index in [-0.39, 0.29) is 24.1 Å². The molecule has 1 N–H and O–H groups in total. The van der Waals surface area contributed by atoms with E-state index in [1.807, 2.05) is 20.8 Å². The molecule has 1 aromatic rings. The Balaban J connectivity index is 2.73. The molecule has 0 spiro atoms. The van der Waals surface area contributed by atoms with Crippen LogP contribution >= 0.6 is 0 Å². The van der Waals surface area contributed by atoms with Crippen molar-refractivity contribution in [3.63, 3.8) is 0 Å². The Labute approximate surface area is 142 Å². The van der Waals surface area contributed by atoms with Gasteiger partial charge >= 0.3 is 0 Å². The molecule has 0 aliphatic rings. The maximum Gasteiger partial charge on any atom is 0.273 e. The SMILES string of the molecule is COCCNC(=O)c1coc(CN(CCOC)C(=O)C(C)(C)C)n1. The highest BCUT2D eigenvalue weighted by Gasteiger charge is 2.28. The third-order valence-electron chi connectivity index (χ3n) is 3.20. The molecule has 1 aromatic heterocycles. The van der Waals surface area contributed by atoms with Gasteiger partial charge < -0.3 is 24.1 Å². The van der Waals surface area contributed by atoms with Gasteiger partial charge in [0.15, 0.2) is 5.69 Å². The number of hydrogen-bond donors (Lipinski definition) is 1. The molecular formula is C16H27N3O5. The molecule has 0 atom stereocenters. The van der Waals surface area contributed by atoms with Gasteiger partial charge in [0.2, 0.25) is 11.8 Å². The van der Waals surface area contributed by atoms with Crippen LogP contribution in [0.1, 0.15) is 37.2 Å². The fourth-order valence-electron chi connectivity index (χ4n) is 1.94. The number of carbonyl (C=O) groups is 2. The average Bonchev–Trinajstić information content (AvgIpc) is 2.98. The van der Waals surface area contributed by atoms with Crippen LogP contribution in [0.15, 0.2) is 10.7 Å². The molecule has 1 heterocycles. The first-order chi connectivity index (χ1) is 11.3. The van der Waals surface area contributed by atoms with E-state index in [0.29, 0.717) is 32.2 Å². The summed E-state index contributed by atoms with van der Waals surface area (Å²) in [5, 5.41) is 2.66. The Hall–Kier alpha value is -1.93. The van der Waals surface area contributed by atoms with E-state index in [0.717, 1.165) is 0 Å². The number of methoxy groups -OCH3 is 2. The first kappa shape index (κ1) is 20.1. The summed E-state index contributed by atoms with van der Waals surface area (Å²) < 4.78 is 15.2. The molecule has 8 nitrogen and oxygen atoms in total. The zero-order valence-electron chi connectivity index (χ0n) is 15.0. The van der Waals surface area contributed by atoms with Crippen LogP contribution < -0.4 is 5.32 Å². The molecule has 0 saturated heterocycles. The second-order valence-corrected chi connectivity index (χ2v) is 6.34. The van der Waals surface area contributed by atoms with Crippen molar-refractivity contribution in [3.05, 3.63) is 17.8 Å². The fourth-order valence-corrected chi connectivity index (χ4v) is 1.94. The minimum absolute atomic E-state index is 0.0381. The normalized spacial score (nSPS) is 11.4. The number of ether oxygens (including phenoxy) is 2. The molecule has 0 bridgehead atoms. The summed E-state index contributed by atoms with van der Waals surface area (Å²) in [6.07, 6.45) is 1.29. The van der Waals surface area contributed by atoms with Crippen LogP contribution in [0.5, 0.6) is 0 Å². The molecule has 24 heavy (non-hydrogen) atoms. The molecule has 0 radical (unpaired) electrons. The second-order valence-electron chi connectivity index (χ2n) is 6.34. The zero-order chi connectivity index (χ0) is 18.2. The molecule has 0 saturated carbocycles. The van der Waals surface area contributed by atoms with Crippen LogP contribution in [0.3, 0.4) is 0 Å². The van der Waals surface area contributed by atoms with Crippen molar-refractivity contribution in [1.82, 2.24) is 15.2 Å². The Kier molecular flexibility index (Phi) is 7.87. The van der Waals surface area contributed by atoms with E-state index in [4.69, 9.17) is 13.9 Å². The van der Waals surface area contributed by atoms with Crippen molar-refractivity contribution in [2.24, 2.45) is 5.41 Å². The molecule has 0 aliphatic carbocycles. The number of amides is 2. The van der Waals surface area contributed by atoms with Crippen molar-refractivity contribution >= 4 is 11.8 Å². The van der Waals surface area contributed by atoms with E-state index >= 15 is 0 Å². The lowest BCUT2D eigenvalue weighted by Crippen LogP contribution is -2.40. The van der Waals surface area contributed by atoms with Gasteiger partial charge in [-0.3, -0.25) is 9.59 Å². The molecule has 136 valence electrons. The minimum Gasteiger partial charge on any atom is -0.446 e. The number of hydrogen-bond acceptors (Lipinski definition) is 6. The lowest BCUT2D eigenvalue weighted by molar-refractivity contribution is -0.141. The number of aromatic nitrogens is 1. The quantitative estimate of drug-likeness (QED) is 0.675. The highest BCUT2D eigenvalue weighted by Crippen LogP contribution is 2.19. The van der Waals surface area contributed by atoms with E-state index in [1.165, 1.54) is 6.26 Å². The van der Waals surface area contributed by atoms with Gasteiger partial charge in [-0.05, 0) is 0 Å². The van der Waals surface area contributed by atoms with Gasteiger partial charge in [0.1, 0.15) is 6.26 Å². The summed E-state index contributed by atoms with van der Waals surface area (Å²) in [6.45, 7) is 7.36. The van der Waals surface area contributed by atoms with Crippen LogP contribution in [-0.4, -0.2) is 62.2 Å². The van der Waals surface area contributed by atoms with Crippen LogP contribution in [0.4, 0.5) is 0 Å². The molecule has 1 rings (SSSR count). The average molecular weight is 341 g/mol. The third-order valence-corrected chi connectivity index (χ3v) is 3.20. The Morgan fingerprint density at radius 3 is 2.50 bits per heavy atom. The van der Waals surface area contributed by atoms with Crippen LogP contribution in [-0.2, 0) is 20.8 Å². The third kappa shape index (κ3) is 6.29. The van der Waals surface area contributed by atoms with Crippen molar-refractivity contribution in [1.29, 1.82) is 0 Å². The van der Waals surface area contributed by atoms with Gasteiger partial charge in [-0.15, -0.1) is 0 Å². The van der Waals surface area contributed by atoms with Gasteiger partial charge in [0, 0.05) is 32.7 Å². The van der Waals surface area contributed by atoms with Crippen LogP contribution in [0.25, 0.3) is 0 Å². The van der Waals surface area contributed by atoms with Gasteiger partial charge in [-0.2, -0.15) is 0 Å². The maximum atomic E-state index is 12.5. The number of carbonyl (C=O) groups excluding carboxylic acids is 2. The Bertz CT molecular complexity index is 536. The maximum absolute atomic E-state index is 12.5. The summed E-state index contributed by atoms with van der Waals surface area (Å²) in [6, 6.07) is 0. The highest BCUT2D eigenvalue weighted by atomic mass is 16.5. The van der Waals surface area contributed by atoms with Crippen LogP contribution in [0, 0.1) is 5.41 Å². The second kappa shape index (κ2) is 9.39. The lowest BCUT2D eigenvalue weighted by atomic mass is 9.94. The molecule has 0 aliphatic heterocycles. The summed E-state index contributed by atoms with van der Waals surface area (Å²) in [5.41, 5.74) is -0.350. The van der Waals surface area contributed by atoms with Gasteiger partial charge in [0.05, 0.1) is 19.8 Å². The predicted molar refractivity (Wildman–Crippen MR) is 87.5 cm³/mol. The molecule has 0 unspecified atom stereocenters. The molecular weight excluding hydrogens is 314 g/mol. The summed E-state index contributed by atoms with van der Waals surface area (Å²) in [7, 11) is 3.13. The number of rotatable bonds is 9. The standard InChI is InChI=1S/C16H27N3O5/c1-16(2,3)15(21)19(7-9-23-5)10-13-18-12(11-24-13)14(20)17-6-8-22-4/h11H,6-10H2,1-5H3,(H,17,20). The first-order valence-corrected chi connectivity index (χ1v) is 7.79. The van der Waals surface area contributed by atoms with Crippen molar-refractivity contribution in [2.75, 3.05) is 40.5 Å². The highest BCUT2D eigenvalue weighted by molar-refractivity contribution is 5.91. The van der Waals surface area contributed by atoms with Gasteiger partial charge in [-0.1, -0.05) is 20.8 Å². The number of nitrogens with zero attached hydrogens (tertiary/aromatic N) is 2. The molecule has 0 fully saturated rings. The minimum atomic E-state index is -0.527. The monoisotopic (exact) mass is 341 g/mol. The lowest BCUT2D eigenvalue weighted by Gasteiger charge is -2.28. The van der Waals surface area contributed by atoms with Crippen molar-refractivity contribution in [3.8, 4) is 0 Å². The summed E-state index contributed by atoms with van der Waals surface area (Å²) >= 11 is 0. The van der Waals surface area contributed by atoms with E-state index in [1.54, 1.807) is 19.1 Å². The fraction of sp³-hybridized carbons (Fsp3) is 0.688. The largest absolute Gasteiger partial charge is 0.446 e. The molecule has 0 aromatic carbocycles. The number of nitrogens with one attached hydrogen (secondary N) is 1. The molecule has 8 heteroatoms. The topological polar surface area (TPSA) is 93.9 Å². The Morgan fingerprint density at radius 1 is 1.25 bits per heavy atom.